The number of anilines is 1. The lowest BCUT2D eigenvalue weighted by Crippen LogP contribution is -2.48. The van der Waals surface area contributed by atoms with Crippen LogP contribution in [0.3, 0.4) is 0 Å². The first-order chi connectivity index (χ1) is 11.2. The van der Waals surface area contributed by atoms with Gasteiger partial charge in [-0.15, -0.1) is 11.3 Å². The average molecular weight is 346 g/mol. The van der Waals surface area contributed by atoms with Crippen LogP contribution in [0, 0.1) is 0 Å². The lowest BCUT2D eigenvalue weighted by Gasteiger charge is -2.35. The molecule has 23 heavy (non-hydrogen) atoms. The first-order valence-electron chi connectivity index (χ1n) is 7.58. The molecule has 1 saturated heterocycles. The smallest absolute Gasteiger partial charge is 0.254 e. The molecule has 1 amide bonds. The number of benzene rings is 1. The van der Waals surface area contributed by atoms with Gasteiger partial charge in [-0.05, 0) is 30.3 Å². The summed E-state index contributed by atoms with van der Waals surface area (Å²) < 4.78 is 0.803. The second kappa shape index (κ2) is 5.91. The van der Waals surface area contributed by atoms with E-state index in [-0.39, 0.29) is 5.91 Å². The molecule has 1 aliphatic rings. The van der Waals surface area contributed by atoms with E-state index in [1.165, 1.54) is 5.00 Å². The van der Waals surface area contributed by atoms with E-state index in [9.17, 15) is 4.79 Å². The summed E-state index contributed by atoms with van der Waals surface area (Å²) in [5.41, 5.74) is 1.78. The fraction of sp³-hybridized carbons (Fsp3) is 0.235. The summed E-state index contributed by atoms with van der Waals surface area (Å²) in [5, 5.41) is 2.17. The number of hydrogen-bond acceptors (Lipinski definition) is 3. The zero-order valence-corrected chi connectivity index (χ0v) is 14.0. The van der Waals surface area contributed by atoms with Gasteiger partial charge in [-0.25, -0.2) is 0 Å². The van der Waals surface area contributed by atoms with E-state index in [1.54, 1.807) is 11.3 Å². The maximum atomic E-state index is 12.8. The first-order valence-corrected chi connectivity index (χ1v) is 8.77. The number of carbonyl (C=O) groups is 1. The van der Waals surface area contributed by atoms with Crippen LogP contribution in [0.2, 0.25) is 4.34 Å². The topological polar surface area (TPSA) is 39.3 Å². The Balaban J connectivity index is 1.50. The van der Waals surface area contributed by atoms with Crippen LogP contribution in [0.5, 0.6) is 0 Å². The van der Waals surface area contributed by atoms with Gasteiger partial charge < -0.3 is 14.8 Å². The van der Waals surface area contributed by atoms with E-state index < -0.39 is 0 Å². The lowest BCUT2D eigenvalue weighted by molar-refractivity contribution is 0.0749. The molecule has 0 bridgehead atoms. The van der Waals surface area contributed by atoms with Gasteiger partial charge in [0.25, 0.3) is 5.91 Å². The molecular formula is C17H16ClN3OS. The first kappa shape index (κ1) is 14.6. The van der Waals surface area contributed by atoms with Crippen LogP contribution in [0.15, 0.2) is 42.6 Å². The van der Waals surface area contributed by atoms with Crippen molar-refractivity contribution in [1.29, 1.82) is 0 Å². The van der Waals surface area contributed by atoms with E-state index in [4.69, 9.17) is 11.6 Å². The molecule has 6 heteroatoms. The van der Waals surface area contributed by atoms with E-state index in [2.05, 4.69) is 9.88 Å². The SMILES string of the molecule is O=C(c1cccc2[nH]ccc12)N1CCN(c2ccc(Cl)s2)CC1. The summed E-state index contributed by atoms with van der Waals surface area (Å²) in [5.74, 6) is 0.110. The van der Waals surface area contributed by atoms with Crippen LogP contribution in [-0.2, 0) is 0 Å². The van der Waals surface area contributed by atoms with Crippen LogP contribution < -0.4 is 4.90 Å². The number of aromatic amines is 1. The third-order valence-electron chi connectivity index (χ3n) is 4.26. The number of fused-ring (bicyclic) bond motifs is 1. The number of carbonyl (C=O) groups excluding carboxylic acids is 1. The Labute approximate surface area is 143 Å². The molecule has 4 nitrogen and oxygen atoms in total. The van der Waals surface area contributed by atoms with Gasteiger partial charge >= 0.3 is 0 Å². The van der Waals surface area contributed by atoms with Gasteiger partial charge in [0, 0.05) is 48.8 Å². The molecule has 3 heterocycles. The highest BCUT2D eigenvalue weighted by molar-refractivity contribution is 7.19. The minimum absolute atomic E-state index is 0.110. The summed E-state index contributed by atoms with van der Waals surface area (Å²) in [6.45, 7) is 3.14. The molecule has 1 aliphatic heterocycles. The third-order valence-corrected chi connectivity index (χ3v) is 5.55. The molecule has 0 unspecified atom stereocenters. The average Bonchev–Trinajstić information content (AvgIpc) is 3.22. The molecule has 1 aromatic carbocycles. The second-order valence-electron chi connectivity index (χ2n) is 5.60. The molecule has 2 aromatic heterocycles. The Morgan fingerprint density at radius 2 is 1.91 bits per heavy atom. The van der Waals surface area contributed by atoms with Crippen LogP contribution in [-0.4, -0.2) is 42.0 Å². The highest BCUT2D eigenvalue weighted by atomic mass is 35.5. The number of amides is 1. The number of rotatable bonds is 2. The van der Waals surface area contributed by atoms with Crippen molar-refractivity contribution in [2.45, 2.75) is 0 Å². The number of thiophene rings is 1. The Kier molecular flexibility index (Phi) is 3.75. The van der Waals surface area contributed by atoms with Crippen LogP contribution in [0.4, 0.5) is 5.00 Å². The molecule has 0 radical (unpaired) electrons. The fourth-order valence-electron chi connectivity index (χ4n) is 3.05. The largest absolute Gasteiger partial charge is 0.361 e. The number of aromatic nitrogens is 1. The minimum atomic E-state index is 0.110. The Bertz CT molecular complexity index is 848. The molecular weight excluding hydrogens is 330 g/mol. The summed E-state index contributed by atoms with van der Waals surface area (Å²) in [6, 6.07) is 11.8. The van der Waals surface area contributed by atoms with E-state index in [0.29, 0.717) is 0 Å². The van der Waals surface area contributed by atoms with Crippen molar-refractivity contribution in [3.8, 4) is 0 Å². The molecule has 0 atom stereocenters. The number of halogens is 1. The van der Waals surface area contributed by atoms with Crippen molar-refractivity contribution >= 4 is 44.7 Å². The van der Waals surface area contributed by atoms with Gasteiger partial charge in [0.1, 0.15) is 0 Å². The van der Waals surface area contributed by atoms with E-state index >= 15 is 0 Å². The predicted octanol–water partition coefficient (Wildman–Crippen LogP) is 3.85. The maximum Gasteiger partial charge on any atom is 0.254 e. The summed E-state index contributed by atoms with van der Waals surface area (Å²) in [6.07, 6.45) is 1.87. The quantitative estimate of drug-likeness (QED) is 0.766. The molecule has 0 aliphatic carbocycles. The van der Waals surface area contributed by atoms with Gasteiger partial charge in [0.05, 0.1) is 9.34 Å². The Hall–Kier alpha value is -1.98. The monoisotopic (exact) mass is 345 g/mol. The fourth-order valence-corrected chi connectivity index (χ4v) is 4.13. The van der Waals surface area contributed by atoms with Gasteiger partial charge in [-0.1, -0.05) is 17.7 Å². The highest BCUT2D eigenvalue weighted by Gasteiger charge is 2.24. The van der Waals surface area contributed by atoms with Gasteiger partial charge in [0.15, 0.2) is 0 Å². The molecule has 1 N–H and O–H groups in total. The lowest BCUT2D eigenvalue weighted by atomic mass is 10.1. The summed E-state index contributed by atoms with van der Waals surface area (Å²) in [7, 11) is 0. The third kappa shape index (κ3) is 2.71. The van der Waals surface area contributed by atoms with Crippen LogP contribution in [0.1, 0.15) is 10.4 Å². The second-order valence-corrected chi connectivity index (χ2v) is 7.30. The van der Waals surface area contributed by atoms with Crippen molar-refractivity contribution < 1.29 is 4.79 Å². The molecule has 1 fully saturated rings. The van der Waals surface area contributed by atoms with E-state index in [0.717, 1.165) is 47.0 Å². The molecule has 4 rings (SSSR count). The minimum Gasteiger partial charge on any atom is -0.361 e. The summed E-state index contributed by atoms with van der Waals surface area (Å²) in [4.78, 5) is 20.2. The van der Waals surface area contributed by atoms with Gasteiger partial charge in [-0.2, -0.15) is 0 Å². The van der Waals surface area contributed by atoms with Crippen molar-refractivity contribution in [3.63, 3.8) is 0 Å². The predicted molar refractivity (Wildman–Crippen MR) is 95.7 cm³/mol. The number of H-pyrrole nitrogens is 1. The standard InChI is InChI=1S/C17H16ClN3OS/c18-15-4-5-16(23-15)20-8-10-21(11-9-20)17(22)13-2-1-3-14-12(13)6-7-19-14/h1-7,19H,8-11H2. The molecule has 3 aromatic rings. The highest BCUT2D eigenvalue weighted by Crippen LogP contribution is 2.30. The van der Waals surface area contributed by atoms with Gasteiger partial charge in [-0.3, -0.25) is 4.79 Å². The Morgan fingerprint density at radius 1 is 1.09 bits per heavy atom. The molecule has 118 valence electrons. The van der Waals surface area contributed by atoms with Crippen LogP contribution >= 0.6 is 22.9 Å². The number of piperazine rings is 1. The van der Waals surface area contributed by atoms with Crippen molar-refractivity contribution in [2.75, 3.05) is 31.1 Å². The molecule has 0 spiro atoms. The number of nitrogens with one attached hydrogen (secondary N) is 1. The van der Waals surface area contributed by atoms with Gasteiger partial charge in [0.2, 0.25) is 0 Å². The summed E-state index contributed by atoms with van der Waals surface area (Å²) >= 11 is 7.59. The number of hydrogen-bond donors (Lipinski definition) is 1. The van der Waals surface area contributed by atoms with Crippen molar-refractivity contribution in [1.82, 2.24) is 9.88 Å². The molecule has 0 saturated carbocycles. The zero-order chi connectivity index (χ0) is 15.8. The van der Waals surface area contributed by atoms with Crippen LogP contribution in [0.25, 0.3) is 10.9 Å². The van der Waals surface area contributed by atoms with E-state index in [1.807, 2.05) is 47.5 Å². The van der Waals surface area contributed by atoms with Crippen molar-refractivity contribution in [2.24, 2.45) is 0 Å². The normalized spacial score (nSPS) is 15.3. The Morgan fingerprint density at radius 3 is 2.65 bits per heavy atom. The maximum absolute atomic E-state index is 12.8. The van der Waals surface area contributed by atoms with Crippen molar-refractivity contribution in [3.05, 3.63) is 52.5 Å². The zero-order valence-electron chi connectivity index (χ0n) is 12.5. The number of nitrogens with zero attached hydrogens (tertiary/aromatic N) is 2.